The Morgan fingerprint density at radius 3 is 2.30 bits per heavy atom. The average Bonchev–Trinajstić information content (AvgIpc) is 2.46. The van der Waals surface area contributed by atoms with Crippen LogP contribution < -0.4 is 16.0 Å². The fourth-order valence-corrected chi connectivity index (χ4v) is 2.04. The van der Waals surface area contributed by atoms with Gasteiger partial charge in [0.2, 0.25) is 5.91 Å². The number of carbonyl (C=O) groups excluding carboxylic acids is 2. The molecule has 0 saturated carbocycles. The molecule has 0 fully saturated rings. The first-order valence-electron chi connectivity index (χ1n) is 7.17. The molecule has 5 nitrogen and oxygen atoms in total. The van der Waals surface area contributed by atoms with Gasteiger partial charge in [-0.3, -0.25) is 4.79 Å². The van der Waals surface area contributed by atoms with Gasteiger partial charge in [-0.15, -0.1) is 0 Å². The Labute approximate surface area is 132 Å². The van der Waals surface area contributed by atoms with E-state index in [1.165, 1.54) is 32.0 Å². The molecule has 0 bridgehead atoms. The van der Waals surface area contributed by atoms with Gasteiger partial charge >= 0.3 is 12.2 Å². The second kappa shape index (κ2) is 7.85. The number of amides is 3. The molecule has 1 rings (SSSR count). The molecule has 0 radical (unpaired) electrons. The first-order valence-corrected chi connectivity index (χ1v) is 7.17. The maximum atomic E-state index is 13.0. The lowest BCUT2D eigenvalue weighted by Crippen LogP contribution is -2.48. The number of benzene rings is 1. The van der Waals surface area contributed by atoms with E-state index in [4.69, 9.17) is 0 Å². The van der Waals surface area contributed by atoms with Crippen LogP contribution in [0, 0.1) is 0 Å². The zero-order chi connectivity index (χ0) is 17.6. The van der Waals surface area contributed by atoms with E-state index < -0.39 is 29.9 Å². The van der Waals surface area contributed by atoms with Crippen molar-refractivity contribution < 1.29 is 22.8 Å². The second-order valence-corrected chi connectivity index (χ2v) is 5.04. The predicted molar refractivity (Wildman–Crippen MR) is 79.7 cm³/mol. The predicted octanol–water partition coefficient (Wildman–Crippen LogP) is 2.59. The molecule has 0 spiro atoms. The zero-order valence-corrected chi connectivity index (χ0v) is 13.1. The third kappa shape index (κ3) is 5.46. The van der Waals surface area contributed by atoms with Gasteiger partial charge in [0.1, 0.15) is 6.04 Å². The van der Waals surface area contributed by atoms with Crippen molar-refractivity contribution >= 4 is 11.9 Å². The summed E-state index contributed by atoms with van der Waals surface area (Å²) in [6.07, 6.45) is -4.50. The largest absolute Gasteiger partial charge is 0.416 e. The van der Waals surface area contributed by atoms with E-state index in [1.807, 2.05) is 0 Å². The van der Waals surface area contributed by atoms with Crippen molar-refractivity contribution in [1.82, 2.24) is 16.0 Å². The van der Waals surface area contributed by atoms with Crippen molar-refractivity contribution in [3.05, 3.63) is 35.4 Å². The molecule has 0 aliphatic carbocycles. The van der Waals surface area contributed by atoms with Gasteiger partial charge in [0.05, 0.1) is 11.6 Å². The molecule has 0 unspecified atom stereocenters. The first kappa shape index (κ1) is 18.8. The van der Waals surface area contributed by atoms with Gasteiger partial charge in [0, 0.05) is 6.54 Å². The lowest BCUT2D eigenvalue weighted by atomic mass is 10.0. The summed E-state index contributed by atoms with van der Waals surface area (Å²) in [5.74, 6) is -0.369. The van der Waals surface area contributed by atoms with E-state index in [0.29, 0.717) is 6.54 Å². The summed E-state index contributed by atoms with van der Waals surface area (Å²) < 4.78 is 38.9. The van der Waals surface area contributed by atoms with Crippen LogP contribution in [0.1, 0.15) is 37.9 Å². The monoisotopic (exact) mass is 331 g/mol. The molecule has 0 aromatic heterocycles. The fourth-order valence-electron chi connectivity index (χ4n) is 2.04. The number of nitrogens with one attached hydrogen (secondary N) is 3. The molecule has 8 heteroatoms. The smallest absolute Gasteiger partial charge is 0.355 e. The normalized spacial score (nSPS) is 13.8. The van der Waals surface area contributed by atoms with Crippen LogP contribution in [0.25, 0.3) is 0 Å². The molecular weight excluding hydrogens is 311 g/mol. The van der Waals surface area contributed by atoms with Gasteiger partial charge in [0.15, 0.2) is 0 Å². The molecule has 1 aromatic carbocycles. The van der Waals surface area contributed by atoms with Gasteiger partial charge in [-0.1, -0.05) is 18.2 Å². The number of likely N-dealkylation sites (N-methyl/N-ethyl adjacent to an activating group) is 1. The number of halogens is 3. The van der Waals surface area contributed by atoms with E-state index in [0.717, 1.165) is 6.07 Å². The molecule has 0 aliphatic heterocycles. The number of urea groups is 1. The van der Waals surface area contributed by atoms with E-state index in [2.05, 4.69) is 16.0 Å². The van der Waals surface area contributed by atoms with Crippen LogP contribution in [0.4, 0.5) is 18.0 Å². The fraction of sp³-hybridized carbons (Fsp3) is 0.467. The molecule has 3 N–H and O–H groups in total. The van der Waals surface area contributed by atoms with E-state index in [-0.39, 0.29) is 11.5 Å². The van der Waals surface area contributed by atoms with Gasteiger partial charge in [-0.2, -0.15) is 13.2 Å². The Balaban J connectivity index is 2.75. The molecule has 2 atom stereocenters. The number of hydrogen-bond donors (Lipinski definition) is 3. The molecule has 0 saturated heterocycles. The van der Waals surface area contributed by atoms with Gasteiger partial charge in [-0.25, -0.2) is 4.79 Å². The molecule has 128 valence electrons. The highest BCUT2D eigenvalue weighted by Gasteiger charge is 2.34. The highest BCUT2D eigenvalue weighted by Crippen LogP contribution is 2.34. The van der Waals surface area contributed by atoms with E-state index >= 15 is 0 Å². The summed E-state index contributed by atoms with van der Waals surface area (Å²) in [7, 11) is 0. The van der Waals surface area contributed by atoms with E-state index in [1.54, 1.807) is 6.92 Å². The Morgan fingerprint density at radius 2 is 1.74 bits per heavy atom. The Kier molecular flexibility index (Phi) is 6.41. The summed E-state index contributed by atoms with van der Waals surface area (Å²) in [6.45, 7) is 5.09. The first-order chi connectivity index (χ1) is 10.7. The van der Waals surface area contributed by atoms with Crippen molar-refractivity contribution in [3.63, 3.8) is 0 Å². The Hall–Kier alpha value is -2.25. The third-order valence-corrected chi connectivity index (χ3v) is 3.17. The second-order valence-electron chi connectivity index (χ2n) is 5.04. The standard InChI is InChI=1S/C15H20F3N3O2/c1-4-19-13(22)10(3)21-14(23)20-9(2)11-7-5-6-8-12(11)15(16,17)18/h5-10H,4H2,1-3H3,(H,19,22)(H2,20,21,23)/t9-,10-/m1/s1. The summed E-state index contributed by atoms with van der Waals surface area (Å²) in [5, 5.41) is 7.32. The Bertz CT molecular complexity index is 561. The van der Waals surface area contributed by atoms with Crippen molar-refractivity contribution in [2.75, 3.05) is 6.54 Å². The van der Waals surface area contributed by atoms with Crippen LogP contribution >= 0.6 is 0 Å². The van der Waals surface area contributed by atoms with Crippen molar-refractivity contribution in [2.24, 2.45) is 0 Å². The van der Waals surface area contributed by atoms with E-state index in [9.17, 15) is 22.8 Å². The SMILES string of the molecule is CCNC(=O)[C@@H](C)NC(=O)N[C@H](C)c1ccccc1C(F)(F)F. The minimum Gasteiger partial charge on any atom is -0.355 e. The minimum absolute atomic E-state index is 0.0409. The van der Waals surface area contributed by atoms with Crippen molar-refractivity contribution in [2.45, 2.75) is 39.0 Å². The van der Waals surface area contributed by atoms with Crippen LogP contribution in [-0.2, 0) is 11.0 Å². The molecule has 0 heterocycles. The third-order valence-electron chi connectivity index (χ3n) is 3.17. The molecule has 1 aromatic rings. The zero-order valence-electron chi connectivity index (χ0n) is 13.1. The van der Waals surface area contributed by atoms with Crippen LogP contribution in [-0.4, -0.2) is 24.5 Å². The van der Waals surface area contributed by atoms with Crippen LogP contribution in [0.2, 0.25) is 0 Å². The molecule has 0 aliphatic rings. The van der Waals surface area contributed by atoms with Crippen molar-refractivity contribution in [3.8, 4) is 0 Å². The highest BCUT2D eigenvalue weighted by atomic mass is 19.4. The molecule has 23 heavy (non-hydrogen) atoms. The molecular formula is C15H20F3N3O2. The van der Waals surface area contributed by atoms with Gasteiger partial charge < -0.3 is 16.0 Å². The maximum absolute atomic E-state index is 13.0. The summed E-state index contributed by atoms with van der Waals surface area (Å²) in [4.78, 5) is 23.3. The summed E-state index contributed by atoms with van der Waals surface area (Å²) in [6, 6.07) is 2.65. The number of hydrogen-bond acceptors (Lipinski definition) is 2. The molecule has 3 amide bonds. The minimum atomic E-state index is -4.50. The Morgan fingerprint density at radius 1 is 1.13 bits per heavy atom. The quantitative estimate of drug-likeness (QED) is 0.776. The lowest BCUT2D eigenvalue weighted by Gasteiger charge is -2.21. The highest BCUT2D eigenvalue weighted by molar-refractivity contribution is 5.86. The van der Waals surface area contributed by atoms with Crippen molar-refractivity contribution in [1.29, 1.82) is 0 Å². The number of rotatable bonds is 5. The number of alkyl halides is 3. The average molecular weight is 331 g/mol. The van der Waals surface area contributed by atoms with Crippen LogP contribution in [0.5, 0.6) is 0 Å². The summed E-state index contributed by atoms with van der Waals surface area (Å²) >= 11 is 0. The lowest BCUT2D eigenvalue weighted by molar-refractivity contribution is -0.138. The topological polar surface area (TPSA) is 70.2 Å². The van der Waals surface area contributed by atoms with Gasteiger partial charge in [0.25, 0.3) is 0 Å². The van der Waals surface area contributed by atoms with Crippen LogP contribution in [0.15, 0.2) is 24.3 Å². The summed E-state index contributed by atoms with van der Waals surface area (Å²) in [5.41, 5.74) is -0.842. The van der Waals surface area contributed by atoms with Crippen LogP contribution in [0.3, 0.4) is 0 Å². The number of carbonyl (C=O) groups is 2. The maximum Gasteiger partial charge on any atom is 0.416 e. The van der Waals surface area contributed by atoms with Gasteiger partial charge in [-0.05, 0) is 32.4 Å².